The van der Waals surface area contributed by atoms with E-state index in [4.69, 9.17) is 9.47 Å². The molecule has 8 nitrogen and oxygen atoms in total. The van der Waals surface area contributed by atoms with Gasteiger partial charge in [0.15, 0.2) is 6.10 Å². The van der Waals surface area contributed by atoms with Crippen molar-refractivity contribution < 1.29 is 19.1 Å². The highest BCUT2D eigenvalue weighted by atomic mass is 16.6. The summed E-state index contributed by atoms with van der Waals surface area (Å²) >= 11 is 0. The highest BCUT2D eigenvalue weighted by Crippen LogP contribution is 2.27. The molecule has 2 amide bonds. The number of carbonyl (C=O) groups is 2. The lowest BCUT2D eigenvalue weighted by molar-refractivity contribution is -0.139. The number of nitrogens with one attached hydrogen (secondary N) is 1. The largest absolute Gasteiger partial charge is 0.444 e. The molecule has 0 saturated carbocycles. The second kappa shape index (κ2) is 8.18. The summed E-state index contributed by atoms with van der Waals surface area (Å²) in [6.45, 7) is 11.9. The molecule has 1 aromatic carbocycles. The second-order valence-electron chi connectivity index (χ2n) is 9.08. The SMILES string of the molecule is Cc1nnc(C(C)(C)NC(=O)[C@@H]2CN(C(=O)OC(C)(C)C)CCO2)c2ccccc12. The molecule has 1 aromatic heterocycles. The topological polar surface area (TPSA) is 93.7 Å². The number of nitrogens with zero attached hydrogens (tertiary/aromatic N) is 3. The third-order valence-corrected chi connectivity index (χ3v) is 4.91. The zero-order valence-corrected chi connectivity index (χ0v) is 18.5. The first-order valence-electron chi connectivity index (χ1n) is 10.1. The maximum Gasteiger partial charge on any atom is 0.410 e. The highest BCUT2D eigenvalue weighted by Gasteiger charge is 2.35. The van der Waals surface area contributed by atoms with Gasteiger partial charge in [-0.2, -0.15) is 10.2 Å². The molecule has 0 unspecified atom stereocenters. The zero-order chi connectivity index (χ0) is 22.1. The van der Waals surface area contributed by atoms with E-state index in [9.17, 15) is 9.59 Å². The number of ether oxygens (including phenoxy) is 2. The number of carbonyl (C=O) groups excluding carboxylic acids is 2. The van der Waals surface area contributed by atoms with Gasteiger partial charge < -0.3 is 19.7 Å². The standard InChI is InChI=1S/C22H30N4O4/c1-14-15-9-7-8-10-16(15)18(25-24-14)22(5,6)23-19(27)17-13-26(11-12-29-17)20(28)30-21(2,3)4/h7-10,17H,11-13H2,1-6H3,(H,23,27)/t17-/m0/s1. The number of hydrogen-bond donors (Lipinski definition) is 1. The molecule has 0 bridgehead atoms. The molecule has 162 valence electrons. The number of amides is 2. The number of benzene rings is 1. The summed E-state index contributed by atoms with van der Waals surface area (Å²) in [5, 5.41) is 13.6. The van der Waals surface area contributed by atoms with Gasteiger partial charge in [0.1, 0.15) is 5.60 Å². The van der Waals surface area contributed by atoms with Crippen molar-refractivity contribution in [2.45, 2.75) is 58.8 Å². The Bertz CT molecular complexity index is 952. The van der Waals surface area contributed by atoms with Crippen LogP contribution >= 0.6 is 0 Å². The van der Waals surface area contributed by atoms with Crippen molar-refractivity contribution in [1.82, 2.24) is 20.4 Å². The average molecular weight is 415 g/mol. The minimum Gasteiger partial charge on any atom is -0.444 e. The van der Waals surface area contributed by atoms with Crippen LogP contribution in [0.4, 0.5) is 4.79 Å². The maximum absolute atomic E-state index is 13.0. The molecule has 0 aliphatic carbocycles. The number of morpholine rings is 1. The monoisotopic (exact) mass is 414 g/mol. The zero-order valence-electron chi connectivity index (χ0n) is 18.5. The summed E-state index contributed by atoms with van der Waals surface area (Å²) in [6.07, 6.45) is -1.23. The fraction of sp³-hybridized carbons (Fsp3) is 0.545. The van der Waals surface area contributed by atoms with E-state index in [2.05, 4.69) is 15.5 Å². The third-order valence-electron chi connectivity index (χ3n) is 4.91. The molecular weight excluding hydrogens is 384 g/mol. The van der Waals surface area contributed by atoms with E-state index >= 15 is 0 Å². The van der Waals surface area contributed by atoms with Crippen LogP contribution in [0.3, 0.4) is 0 Å². The number of hydrogen-bond acceptors (Lipinski definition) is 6. The molecule has 1 aliphatic rings. The van der Waals surface area contributed by atoms with Crippen molar-refractivity contribution >= 4 is 22.8 Å². The minimum absolute atomic E-state index is 0.136. The second-order valence-corrected chi connectivity index (χ2v) is 9.08. The van der Waals surface area contributed by atoms with Crippen LogP contribution in [0.15, 0.2) is 24.3 Å². The summed E-state index contributed by atoms with van der Waals surface area (Å²) in [5.74, 6) is -0.306. The van der Waals surface area contributed by atoms with Crippen molar-refractivity contribution in [3.8, 4) is 0 Å². The smallest absolute Gasteiger partial charge is 0.410 e. The lowest BCUT2D eigenvalue weighted by Gasteiger charge is -2.35. The Hall–Kier alpha value is -2.74. The first-order valence-corrected chi connectivity index (χ1v) is 10.1. The normalized spacial score (nSPS) is 17.7. The van der Waals surface area contributed by atoms with Crippen LogP contribution in [0.25, 0.3) is 10.8 Å². The first kappa shape index (κ1) is 22.0. The van der Waals surface area contributed by atoms with Crippen molar-refractivity contribution in [3.63, 3.8) is 0 Å². The fourth-order valence-corrected chi connectivity index (χ4v) is 3.45. The van der Waals surface area contributed by atoms with Crippen LogP contribution in [0, 0.1) is 6.92 Å². The molecular formula is C22H30N4O4. The Labute approximate surface area is 176 Å². The number of aryl methyl sites for hydroxylation is 1. The molecule has 0 spiro atoms. The van der Waals surface area contributed by atoms with Crippen molar-refractivity contribution in [2.24, 2.45) is 0 Å². The summed E-state index contributed by atoms with van der Waals surface area (Å²) in [4.78, 5) is 26.9. The molecule has 2 heterocycles. The van der Waals surface area contributed by atoms with Gasteiger partial charge >= 0.3 is 6.09 Å². The van der Waals surface area contributed by atoms with Gasteiger partial charge in [-0.1, -0.05) is 24.3 Å². The van der Waals surface area contributed by atoms with Crippen LogP contribution in [0.2, 0.25) is 0 Å². The Balaban J connectivity index is 1.75. The summed E-state index contributed by atoms with van der Waals surface area (Å²) in [7, 11) is 0. The number of fused-ring (bicyclic) bond motifs is 1. The molecule has 2 aromatic rings. The Kier molecular flexibility index (Phi) is 5.99. The first-order chi connectivity index (χ1) is 14.0. The van der Waals surface area contributed by atoms with Crippen LogP contribution in [-0.2, 0) is 19.8 Å². The van der Waals surface area contributed by atoms with E-state index in [1.807, 2.05) is 65.8 Å². The van der Waals surface area contributed by atoms with E-state index in [0.29, 0.717) is 12.2 Å². The minimum atomic E-state index is -0.783. The van der Waals surface area contributed by atoms with Gasteiger partial charge in [0.05, 0.1) is 30.1 Å². The summed E-state index contributed by atoms with van der Waals surface area (Å²) in [5.41, 5.74) is 0.131. The van der Waals surface area contributed by atoms with Gasteiger partial charge in [-0.15, -0.1) is 0 Å². The molecule has 30 heavy (non-hydrogen) atoms. The summed E-state index contributed by atoms with van der Waals surface area (Å²) in [6, 6.07) is 7.85. The number of rotatable bonds is 3. The predicted octanol–water partition coefficient (Wildman–Crippen LogP) is 2.93. The molecule has 8 heteroatoms. The van der Waals surface area contributed by atoms with Gasteiger partial charge in [0.2, 0.25) is 0 Å². The molecule has 1 fully saturated rings. The average Bonchev–Trinajstić information content (AvgIpc) is 2.66. The lowest BCUT2D eigenvalue weighted by atomic mass is 9.94. The van der Waals surface area contributed by atoms with Gasteiger partial charge in [-0.3, -0.25) is 4.79 Å². The van der Waals surface area contributed by atoms with Gasteiger partial charge in [-0.05, 0) is 41.5 Å². The number of aromatic nitrogens is 2. The van der Waals surface area contributed by atoms with E-state index in [-0.39, 0.29) is 19.1 Å². The lowest BCUT2D eigenvalue weighted by Crippen LogP contribution is -2.55. The summed E-state index contributed by atoms with van der Waals surface area (Å²) < 4.78 is 11.1. The van der Waals surface area contributed by atoms with Crippen LogP contribution in [-0.4, -0.2) is 58.5 Å². The van der Waals surface area contributed by atoms with Crippen LogP contribution < -0.4 is 5.32 Å². The molecule has 1 N–H and O–H groups in total. The van der Waals surface area contributed by atoms with Gasteiger partial charge in [0.25, 0.3) is 5.91 Å². The maximum atomic E-state index is 13.0. The van der Waals surface area contributed by atoms with Crippen molar-refractivity contribution in [2.75, 3.05) is 19.7 Å². The quantitative estimate of drug-likeness (QED) is 0.830. The fourth-order valence-electron chi connectivity index (χ4n) is 3.45. The van der Waals surface area contributed by atoms with Crippen molar-refractivity contribution in [1.29, 1.82) is 0 Å². The predicted molar refractivity (Wildman–Crippen MR) is 113 cm³/mol. The van der Waals surface area contributed by atoms with Gasteiger partial charge in [-0.25, -0.2) is 4.79 Å². The van der Waals surface area contributed by atoms with Crippen LogP contribution in [0.1, 0.15) is 46.0 Å². The molecule has 3 rings (SSSR count). The van der Waals surface area contributed by atoms with E-state index < -0.39 is 23.3 Å². The molecule has 1 atom stereocenters. The third kappa shape index (κ3) is 4.87. The van der Waals surface area contributed by atoms with E-state index in [0.717, 1.165) is 16.5 Å². The Morgan fingerprint density at radius 3 is 2.47 bits per heavy atom. The Morgan fingerprint density at radius 1 is 1.13 bits per heavy atom. The van der Waals surface area contributed by atoms with Gasteiger partial charge in [0, 0.05) is 17.3 Å². The molecule has 1 aliphatic heterocycles. The molecule has 1 saturated heterocycles. The van der Waals surface area contributed by atoms with Crippen LogP contribution in [0.5, 0.6) is 0 Å². The van der Waals surface area contributed by atoms with Crippen molar-refractivity contribution in [3.05, 3.63) is 35.7 Å². The molecule has 0 radical (unpaired) electrons. The van der Waals surface area contributed by atoms with E-state index in [1.54, 1.807) is 0 Å². The van der Waals surface area contributed by atoms with E-state index in [1.165, 1.54) is 4.90 Å². The Morgan fingerprint density at radius 2 is 1.80 bits per heavy atom. The highest BCUT2D eigenvalue weighted by molar-refractivity contribution is 5.88.